The molecular weight excluding hydrogens is 390 g/mol. The van der Waals surface area contributed by atoms with Gasteiger partial charge in [-0.3, -0.25) is 4.79 Å². The summed E-state index contributed by atoms with van der Waals surface area (Å²) in [6.07, 6.45) is 0. The fourth-order valence-corrected chi connectivity index (χ4v) is 3.57. The molecule has 0 bridgehead atoms. The molecule has 0 saturated carbocycles. The van der Waals surface area contributed by atoms with E-state index in [2.05, 4.69) is 15.2 Å². The molecule has 7 heteroatoms. The van der Waals surface area contributed by atoms with Crippen molar-refractivity contribution in [1.29, 1.82) is 0 Å². The van der Waals surface area contributed by atoms with Gasteiger partial charge in [-0.2, -0.15) is 4.98 Å². The van der Waals surface area contributed by atoms with Crippen LogP contribution in [0, 0.1) is 13.8 Å². The summed E-state index contributed by atoms with van der Waals surface area (Å²) < 4.78 is 5.21. The zero-order valence-electron chi connectivity index (χ0n) is 18.1. The number of nitrogens with zero attached hydrogens (tertiary/aromatic N) is 4. The van der Waals surface area contributed by atoms with E-state index in [1.807, 2.05) is 73.3 Å². The van der Waals surface area contributed by atoms with E-state index in [1.54, 1.807) is 7.11 Å². The molecule has 0 spiro atoms. The van der Waals surface area contributed by atoms with Gasteiger partial charge in [-0.05, 0) is 50.2 Å². The van der Waals surface area contributed by atoms with E-state index in [0.29, 0.717) is 32.1 Å². The van der Waals surface area contributed by atoms with Crippen LogP contribution >= 0.6 is 0 Å². The normalized spacial score (nSPS) is 13.8. The molecule has 0 atom stereocenters. The average Bonchev–Trinajstić information content (AvgIpc) is 2.79. The van der Waals surface area contributed by atoms with Gasteiger partial charge in [0.05, 0.1) is 7.11 Å². The fraction of sp³-hybridized carbons (Fsp3) is 0.292. The zero-order chi connectivity index (χ0) is 21.8. The van der Waals surface area contributed by atoms with Crippen LogP contribution in [0.2, 0.25) is 0 Å². The first-order chi connectivity index (χ1) is 15.0. The smallest absolute Gasteiger partial charge is 0.253 e. The molecule has 160 valence electrons. The van der Waals surface area contributed by atoms with Crippen molar-refractivity contribution in [1.82, 2.24) is 14.9 Å². The summed E-state index contributed by atoms with van der Waals surface area (Å²) in [5, 5.41) is 3.33. The van der Waals surface area contributed by atoms with E-state index < -0.39 is 0 Å². The number of amides is 1. The van der Waals surface area contributed by atoms with E-state index in [-0.39, 0.29) is 5.91 Å². The number of ether oxygens (including phenoxy) is 1. The molecular formula is C24H27N5O2. The molecule has 1 aliphatic rings. The van der Waals surface area contributed by atoms with Crippen LogP contribution in [0.25, 0.3) is 0 Å². The summed E-state index contributed by atoms with van der Waals surface area (Å²) in [5.74, 6) is 2.30. The molecule has 7 nitrogen and oxygen atoms in total. The van der Waals surface area contributed by atoms with Crippen LogP contribution in [0.5, 0.6) is 5.75 Å². The molecule has 1 fully saturated rings. The second kappa shape index (κ2) is 9.04. The van der Waals surface area contributed by atoms with Gasteiger partial charge in [0.15, 0.2) is 0 Å². The number of aryl methyl sites for hydroxylation is 2. The van der Waals surface area contributed by atoms with Crippen molar-refractivity contribution in [3.8, 4) is 5.75 Å². The van der Waals surface area contributed by atoms with Crippen LogP contribution < -0.4 is 15.0 Å². The summed E-state index contributed by atoms with van der Waals surface area (Å²) in [5.41, 5.74) is 3.70. The lowest BCUT2D eigenvalue weighted by molar-refractivity contribution is 0.0746. The van der Waals surface area contributed by atoms with Gasteiger partial charge in [0.25, 0.3) is 5.91 Å². The topological polar surface area (TPSA) is 70.6 Å². The summed E-state index contributed by atoms with van der Waals surface area (Å²) in [6.45, 7) is 6.66. The second-order valence-electron chi connectivity index (χ2n) is 7.69. The van der Waals surface area contributed by atoms with Crippen LogP contribution in [-0.2, 0) is 0 Å². The number of carbonyl (C=O) groups excluding carboxylic acids is 1. The van der Waals surface area contributed by atoms with Gasteiger partial charge >= 0.3 is 0 Å². The second-order valence-corrected chi connectivity index (χ2v) is 7.69. The standard InChI is InChI=1S/C24H27N5O2/c1-17-4-6-19(7-5-17)23(30)28-12-14-29(15-13-28)24-25-18(2)16-22(27-24)26-20-8-10-21(31-3)11-9-20/h4-11,16H,12-15H2,1-3H3,(H,25,26,27). The highest BCUT2D eigenvalue weighted by Gasteiger charge is 2.24. The minimum Gasteiger partial charge on any atom is -0.497 e. The number of piperazine rings is 1. The number of benzene rings is 2. The van der Waals surface area contributed by atoms with Crippen molar-refractivity contribution in [3.63, 3.8) is 0 Å². The van der Waals surface area contributed by atoms with E-state index in [1.165, 1.54) is 0 Å². The maximum absolute atomic E-state index is 12.8. The van der Waals surface area contributed by atoms with Crippen molar-refractivity contribution in [3.05, 3.63) is 71.4 Å². The molecule has 0 unspecified atom stereocenters. The third-order valence-electron chi connectivity index (χ3n) is 5.35. The van der Waals surface area contributed by atoms with Crippen LogP contribution in [0.15, 0.2) is 54.6 Å². The minimum absolute atomic E-state index is 0.0756. The Hall–Kier alpha value is -3.61. The molecule has 1 saturated heterocycles. The Balaban J connectivity index is 1.42. The molecule has 0 aliphatic carbocycles. The minimum atomic E-state index is 0.0756. The maximum atomic E-state index is 12.8. The number of hydrogen-bond acceptors (Lipinski definition) is 6. The molecule has 0 radical (unpaired) electrons. The first-order valence-corrected chi connectivity index (χ1v) is 10.4. The third-order valence-corrected chi connectivity index (χ3v) is 5.35. The predicted molar refractivity (Wildman–Crippen MR) is 122 cm³/mol. The summed E-state index contributed by atoms with van der Waals surface area (Å²) in [7, 11) is 1.65. The number of anilines is 3. The van der Waals surface area contributed by atoms with Gasteiger partial charge in [-0.25, -0.2) is 4.98 Å². The molecule has 1 aromatic heterocycles. The van der Waals surface area contributed by atoms with Crippen molar-refractivity contribution in [2.75, 3.05) is 43.5 Å². The Kier molecular flexibility index (Phi) is 6.02. The van der Waals surface area contributed by atoms with Crippen LogP contribution in [0.3, 0.4) is 0 Å². The highest BCUT2D eigenvalue weighted by atomic mass is 16.5. The fourth-order valence-electron chi connectivity index (χ4n) is 3.57. The first-order valence-electron chi connectivity index (χ1n) is 10.4. The zero-order valence-corrected chi connectivity index (χ0v) is 18.1. The maximum Gasteiger partial charge on any atom is 0.253 e. The molecule has 1 amide bonds. The Bertz CT molecular complexity index is 1040. The van der Waals surface area contributed by atoms with Gasteiger partial charge < -0.3 is 19.9 Å². The number of rotatable bonds is 5. The largest absolute Gasteiger partial charge is 0.497 e. The van der Waals surface area contributed by atoms with Gasteiger partial charge in [0, 0.05) is 49.2 Å². The highest BCUT2D eigenvalue weighted by molar-refractivity contribution is 5.94. The van der Waals surface area contributed by atoms with E-state index in [4.69, 9.17) is 9.72 Å². The monoisotopic (exact) mass is 417 g/mol. The Morgan fingerprint density at radius 1 is 0.935 bits per heavy atom. The number of methoxy groups -OCH3 is 1. The summed E-state index contributed by atoms with van der Waals surface area (Å²) in [4.78, 5) is 26.1. The quantitative estimate of drug-likeness (QED) is 0.681. The Labute approximate surface area is 182 Å². The predicted octanol–water partition coefficient (Wildman–Crippen LogP) is 3.81. The Morgan fingerprint density at radius 2 is 1.61 bits per heavy atom. The van der Waals surface area contributed by atoms with Crippen LogP contribution in [-0.4, -0.2) is 54.1 Å². The van der Waals surface area contributed by atoms with Crippen LogP contribution in [0.1, 0.15) is 21.6 Å². The van der Waals surface area contributed by atoms with E-state index >= 15 is 0 Å². The van der Waals surface area contributed by atoms with Crippen molar-refractivity contribution < 1.29 is 9.53 Å². The number of hydrogen-bond donors (Lipinski definition) is 1. The van der Waals surface area contributed by atoms with E-state index in [0.717, 1.165) is 34.1 Å². The number of aromatic nitrogens is 2. The molecule has 1 aliphatic heterocycles. The van der Waals surface area contributed by atoms with Gasteiger partial charge in [0.1, 0.15) is 11.6 Å². The molecule has 2 heterocycles. The molecule has 31 heavy (non-hydrogen) atoms. The van der Waals surface area contributed by atoms with Crippen LogP contribution in [0.4, 0.5) is 17.5 Å². The van der Waals surface area contributed by atoms with Gasteiger partial charge in [-0.15, -0.1) is 0 Å². The van der Waals surface area contributed by atoms with Crippen molar-refractivity contribution in [2.24, 2.45) is 0 Å². The van der Waals surface area contributed by atoms with Crippen molar-refractivity contribution in [2.45, 2.75) is 13.8 Å². The highest BCUT2D eigenvalue weighted by Crippen LogP contribution is 2.22. The summed E-state index contributed by atoms with van der Waals surface area (Å²) >= 11 is 0. The molecule has 1 N–H and O–H groups in total. The lowest BCUT2D eigenvalue weighted by Crippen LogP contribution is -2.49. The van der Waals surface area contributed by atoms with Crippen molar-refractivity contribution >= 4 is 23.4 Å². The SMILES string of the molecule is COc1ccc(Nc2cc(C)nc(N3CCN(C(=O)c4ccc(C)cc4)CC3)n2)cc1. The Morgan fingerprint density at radius 3 is 2.26 bits per heavy atom. The average molecular weight is 418 g/mol. The van der Waals surface area contributed by atoms with E-state index in [9.17, 15) is 4.79 Å². The van der Waals surface area contributed by atoms with Gasteiger partial charge in [0.2, 0.25) is 5.95 Å². The lowest BCUT2D eigenvalue weighted by atomic mass is 10.1. The molecule has 4 rings (SSSR count). The number of carbonyl (C=O) groups is 1. The van der Waals surface area contributed by atoms with Gasteiger partial charge in [-0.1, -0.05) is 17.7 Å². The first kappa shape index (κ1) is 20.7. The lowest BCUT2D eigenvalue weighted by Gasteiger charge is -2.35. The summed E-state index contributed by atoms with van der Waals surface area (Å²) in [6, 6.07) is 17.4. The number of nitrogens with one attached hydrogen (secondary N) is 1. The third kappa shape index (κ3) is 4.94. The molecule has 3 aromatic rings. The molecule has 2 aromatic carbocycles.